The Hall–Kier alpha value is -2.28. The number of benzene rings is 2. The first-order chi connectivity index (χ1) is 13.6. The molecule has 148 valence electrons. The lowest BCUT2D eigenvalue weighted by Crippen LogP contribution is -2.41. The molecule has 0 spiro atoms. The first-order valence-electron chi connectivity index (χ1n) is 10.4. The van der Waals surface area contributed by atoms with Crippen molar-refractivity contribution in [2.45, 2.75) is 51.6 Å². The van der Waals surface area contributed by atoms with Gasteiger partial charge in [-0.25, -0.2) is 0 Å². The molecule has 0 radical (unpaired) electrons. The second kappa shape index (κ2) is 10.3. The minimum absolute atomic E-state index is 0.122. The van der Waals surface area contributed by atoms with Gasteiger partial charge in [0.25, 0.3) is 0 Å². The number of likely N-dealkylation sites (tertiary alicyclic amines) is 1. The van der Waals surface area contributed by atoms with Gasteiger partial charge in [0.05, 0.1) is 6.61 Å². The van der Waals surface area contributed by atoms with Gasteiger partial charge in [0, 0.05) is 36.8 Å². The van der Waals surface area contributed by atoms with Crippen LogP contribution in [0.5, 0.6) is 0 Å². The lowest BCUT2D eigenvalue weighted by atomic mass is 10.0. The van der Waals surface area contributed by atoms with Gasteiger partial charge in [0.15, 0.2) is 0 Å². The lowest BCUT2D eigenvalue weighted by molar-refractivity contribution is 0.208. The van der Waals surface area contributed by atoms with Crippen molar-refractivity contribution in [3.05, 3.63) is 65.2 Å². The van der Waals surface area contributed by atoms with Crippen LogP contribution in [0.15, 0.2) is 48.5 Å². The Morgan fingerprint density at radius 3 is 2.54 bits per heavy atom. The molecule has 28 heavy (non-hydrogen) atoms. The molecule has 1 aliphatic heterocycles. The van der Waals surface area contributed by atoms with Crippen molar-refractivity contribution < 1.29 is 5.11 Å². The molecule has 0 bridgehead atoms. The van der Waals surface area contributed by atoms with Gasteiger partial charge in [-0.15, -0.1) is 0 Å². The van der Waals surface area contributed by atoms with Gasteiger partial charge in [-0.05, 0) is 60.7 Å². The zero-order chi connectivity index (χ0) is 19.8. The summed E-state index contributed by atoms with van der Waals surface area (Å²) in [5.41, 5.74) is 4.96. The molecule has 3 nitrogen and oxygen atoms in total. The van der Waals surface area contributed by atoms with Crippen LogP contribution in [0.4, 0.5) is 5.69 Å². The van der Waals surface area contributed by atoms with Crippen LogP contribution >= 0.6 is 0 Å². The highest BCUT2D eigenvalue weighted by molar-refractivity contribution is 5.46. The van der Waals surface area contributed by atoms with E-state index in [2.05, 4.69) is 84.4 Å². The summed E-state index contributed by atoms with van der Waals surface area (Å²) in [7, 11) is 0. The van der Waals surface area contributed by atoms with Gasteiger partial charge in [0.1, 0.15) is 0 Å². The molecule has 0 aromatic heterocycles. The molecule has 3 heteroatoms. The van der Waals surface area contributed by atoms with Crippen LogP contribution in [-0.4, -0.2) is 35.7 Å². The van der Waals surface area contributed by atoms with E-state index < -0.39 is 0 Å². The fourth-order valence-electron chi connectivity index (χ4n) is 3.69. The largest absolute Gasteiger partial charge is 0.395 e. The summed E-state index contributed by atoms with van der Waals surface area (Å²) >= 11 is 0. The van der Waals surface area contributed by atoms with E-state index in [-0.39, 0.29) is 6.61 Å². The number of nitrogens with zero attached hydrogens (tertiary/aromatic N) is 1. The molecule has 1 heterocycles. The van der Waals surface area contributed by atoms with Crippen LogP contribution in [0, 0.1) is 11.8 Å². The van der Waals surface area contributed by atoms with Crippen LogP contribution in [0.3, 0.4) is 0 Å². The maximum Gasteiger partial charge on any atom is 0.0540 e. The Morgan fingerprint density at radius 1 is 1.11 bits per heavy atom. The molecule has 1 atom stereocenters. The number of hydrogen-bond donors (Lipinski definition) is 2. The third-order valence-corrected chi connectivity index (χ3v) is 5.28. The zero-order valence-electron chi connectivity index (χ0n) is 17.1. The Kier molecular flexibility index (Phi) is 7.54. The Bertz CT molecular complexity index is 784. The minimum atomic E-state index is 0.122. The standard InChI is InChI=1S/C25H32N2O/c1-20(2)23-12-14-24(15-13-23)26-25-7-5-16-27(19-25)18-22-10-8-21(9-11-22)6-3-4-17-28/h8-15,20,25-26,28H,4-5,7,16-19H2,1-2H3/t25-/m1/s1. The molecule has 2 N–H and O–H groups in total. The van der Waals surface area contributed by atoms with E-state index in [4.69, 9.17) is 5.11 Å². The maximum absolute atomic E-state index is 8.81. The van der Waals surface area contributed by atoms with Crippen LogP contribution in [-0.2, 0) is 6.54 Å². The summed E-state index contributed by atoms with van der Waals surface area (Å²) in [5.74, 6) is 6.64. The first kappa shape index (κ1) is 20.5. The van der Waals surface area contributed by atoms with Gasteiger partial charge in [0.2, 0.25) is 0 Å². The van der Waals surface area contributed by atoms with E-state index in [9.17, 15) is 0 Å². The van der Waals surface area contributed by atoms with Crippen LogP contribution in [0.2, 0.25) is 0 Å². The number of hydrogen-bond acceptors (Lipinski definition) is 3. The highest BCUT2D eigenvalue weighted by Gasteiger charge is 2.19. The maximum atomic E-state index is 8.81. The lowest BCUT2D eigenvalue weighted by Gasteiger charge is -2.33. The fourth-order valence-corrected chi connectivity index (χ4v) is 3.69. The van der Waals surface area contributed by atoms with E-state index in [1.54, 1.807) is 0 Å². The molecule has 0 amide bonds. The molecule has 0 saturated carbocycles. The van der Waals surface area contributed by atoms with Crippen molar-refractivity contribution in [2.24, 2.45) is 0 Å². The number of nitrogens with one attached hydrogen (secondary N) is 1. The summed E-state index contributed by atoms with van der Waals surface area (Å²) in [6.07, 6.45) is 2.98. The zero-order valence-corrected chi connectivity index (χ0v) is 17.1. The minimum Gasteiger partial charge on any atom is -0.395 e. The van der Waals surface area contributed by atoms with Crippen LogP contribution < -0.4 is 5.32 Å². The van der Waals surface area contributed by atoms with E-state index in [1.165, 1.54) is 29.7 Å². The van der Waals surface area contributed by atoms with E-state index in [0.717, 1.165) is 25.2 Å². The first-order valence-corrected chi connectivity index (χ1v) is 10.4. The highest BCUT2D eigenvalue weighted by Crippen LogP contribution is 2.21. The van der Waals surface area contributed by atoms with Crippen LogP contribution in [0.25, 0.3) is 0 Å². The van der Waals surface area contributed by atoms with Crippen molar-refractivity contribution in [1.82, 2.24) is 4.90 Å². The van der Waals surface area contributed by atoms with E-state index in [1.807, 2.05) is 0 Å². The molecule has 2 aromatic carbocycles. The average molecular weight is 377 g/mol. The second-order valence-corrected chi connectivity index (χ2v) is 7.97. The monoisotopic (exact) mass is 376 g/mol. The molecule has 1 fully saturated rings. The van der Waals surface area contributed by atoms with Gasteiger partial charge in [-0.3, -0.25) is 4.90 Å². The van der Waals surface area contributed by atoms with E-state index >= 15 is 0 Å². The number of anilines is 1. The predicted molar refractivity (Wildman–Crippen MR) is 117 cm³/mol. The quantitative estimate of drug-likeness (QED) is 0.722. The summed E-state index contributed by atoms with van der Waals surface area (Å²) < 4.78 is 0. The van der Waals surface area contributed by atoms with Crippen molar-refractivity contribution in [3.8, 4) is 11.8 Å². The Balaban J connectivity index is 1.52. The van der Waals surface area contributed by atoms with Gasteiger partial charge in [-0.2, -0.15) is 0 Å². The van der Waals surface area contributed by atoms with Crippen molar-refractivity contribution >= 4 is 5.69 Å². The Labute approximate surface area is 169 Å². The molecular weight excluding hydrogens is 344 g/mol. The molecule has 3 rings (SSSR count). The number of aliphatic hydroxyl groups excluding tert-OH is 1. The third kappa shape index (κ3) is 6.12. The molecule has 1 aliphatic rings. The SMILES string of the molecule is CC(C)c1ccc(N[C@@H]2CCCN(Cc3ccc(C#CCCO)cc3)C2)cc1. The third-order valence-electron chi connectivity index (χ3n) is 5.28. The number of aliphatic hydroxyl groups is 1. The van der Waals surface area contributed by atoms with Crippen LogP contribution in [0.1, 0.15) is 55.7 Å². The van der Waals surface area contributed by atoms with Crippen molar-refractivity contribution in [1.29, 1.82) is 0 Å². The fraction of sp³-hybridized carbons (Fsp3) is 0.440. The molecule has 0 aliphatic carbocycles. The Morgan fingerprint density at radius 2 is 1.86 bits per heavy atom. The highest BCUT2D eigenvalue weighted by atomic mass is 16.2. The second-order valence-electron chi connectivity index (χ2n) is 7.97. The summed E-state index contributed by atoms with van der Waals surface area (Å²) in [6, 6.07) is 17.9. The topological polar surface area (TPSA) is 35.5 Å². The van der Waals surface area contributed by atoms with Crippen molar-refractivity contribution in [2.75, 3.05) is 25.0 Å². The summed E-state index contributed by atoms with van der Waals surface area (Å²) in [4.78, 5) is 2.54. The molecular formula is C25H32N2O. The molecule has 2 aromatic rings. The number of rotatable bonds is 6. The average Bonchev–Trinajstić information content (AvgIpc) is 2.70. The van der Waals surface area contributed by atoms with Gasteiger partial charge >= 0.3 is 0 Å². The van der Waals surface area contributed by atoms with Crippen molar-refractivity contribution in [3.63, 3.8) is 0 Å². The molecule has 0 unspecified atom stereocenters. The molecule has 1 saturated heterocycles. The van der Waals surface area contributed by atoms with Gasteiger partial charge < -0.3 is 10.4 Å². The predicted octanol–water partition coefficient (Wildman–Crippen LogP) is 4.62. The summed E-state index contributed by atoms with van der Waals surface area (Å²) in [5, 5.41) is 12.5. The van der Waals surface area contributed by atoms with Gasteiger partial charge in [-0.1, -0.05) is 50.0 Å². The smallest absolute Gasteiger partial charge is 0.0540 e. The number of piperidine rings is 1. The van der Waals surface area contributed by atoms with E-state index in [0.29, 0.717) is 18.4 Å². The normalized spacial score (nSPS) is 17.2. The summed E-state index contributed by atoms with van der Waals surface area (Å²) in [6.45, 7) is 7.80.